The average molecular weight is 470 g/mol. The molecule has 0 aliphatic carbocycles. The number of hydrogen-bond acceptors (Lipinski definition) is 6. The zero-order chi connectivity index (χ0) is 23.2. The summed E-state index contributed by atoms with van der Waals surface area (Å²) in [6, 6.07) is 6.94. The molecule has 0 aliphatic rings. The third kappa shape index (κ3) is 6.03. The molecule has 3 N–H and O–H groups in total. The fourth-order valence-corrected chi connectivity index (χ4v) is 4.34. The maximum absolute atomic E-state index is 13.2. The Hall–Kier alpha value is -3.44. The summed E-state index contributed by atoms with van der Waals surface area (Å²) in [5.41, 5.74) is 4.71. The van der Waals surface area contributed by atoms with Crippen LogP contribution in [0.1, 0.15) is 10.4 Å². The van der Waals surface area contributed by atoms with Gasteiger partial charge >= 0.3 is 12.0 Å². The quantitative estimate of drug-likeness (QED) is 0.449. The fraction of sp³-hybridized carbons (Fsp3) is 0.105. The normalized spacial score (nSPS) is 10.8. The first-order valence-electron chi connectivity index (χ1n) is 8.51. The van der Waals surface area contributed by atoms with Gasteiger partial charge in [0.1, 0.15) is 10.7 Å². The number of hydrogen-bond donors (Lipinski definition) is 2. The monoisotopic (exact) mass is 469 g/mol. The molecule has 12 heteroatoms. The lowest BCUT2D eigenvalue weighted by molar-refractivity contribution is -0.123. The predicted octanol–water partition coefficient (Wildman–Crippen LogP) is 2.21. The molecule has 0 fully saturated rings. The summed E-state index contributed by atoms with van der Waals surface area (Å²) >= 11 is 6.07. The molecule has 2 rings (SSSR count). The van der Waals surface area contributed by atoms with Crippen molar-refractivity contribution in [3.05, 3.63) is 71.5 Å². The third-order valence-corrected chi connectivity index (χ3v) is 6.02. The summed E-state index contributed by atoms with van der Waals surface area (Å²) in [4.78, 5) is 33.7. The molecule has 0 unspecified atom stereocenters. The van der Waals surface area contributed by atoms with E-state index in [1.165, 1.54) is 30.3 Å². The van der Waals surface area contributed by atoms with E-state index in [-0.39, 0.29) is 22.8 Å². The summed E-state index contributed by atoms with van der Waals surface area (Å²) in [6.07, 6.45) is 1.32. The number of anilines is 1. The lowest BCUT2D eigenvalue weighted by Crippen LogP contribution is -2.37. The Balaban J connectivity index is 2.36. The van der Waals surface area contributed by atoms with Gasteiger partial charge in [-0.2, -0.15) is 0 Å². The molecule has 3 amide bonds. The number of halogens is 2. The Labute approximate surface area is 182 Å². The first-order valence-corrected chi connectivity index (χ1v) is 10.3. The number of carbonyl (C=O) groups is 3. The second-order valence-corrected chi connectivity index (χ2v) is 8.17. The van der Waals surface area contributed by atoms with Crippen LogP contribution >= 0.6 is 11.6 Å². The van der Waals surface area contributed by atoms with Crippen molar-refractivity contribution in [3.8, 4) is 0 Å². The van der Waals surface area contributed by atoms with Gasteiger partial charge in [0.25, 0.3) is 15.9 Å². The van der Waals surface area contributed by atoms with E-state index in [1.807, 2.05) is 0 Å². The van der Waals surface area contributed by atoms with E-state index >= 15 is 0 Å². The van der Waals surface area contributed by atoms with Gasteiger partial charge in [-0.05, 0) is 42.5 Å². The molecule has 0 aliphatic heterocycles. The van der Waals surface area contributed by atoms with E-state index in [0.717, 1.165) is 22.5 Å². The van der Waals surface area contributed by atoms with Crippen molar-refractivity contribution in [1.29, 1.82) is 0 Å². The number of primary amides is 1. The molecular weight excluding hydrogens is 453 g/mol. The van der Waals surface area contributed by atoms with Crippen LogP contribution in [0.15, 0.2) is 60.0 Å². The summed E-state index contributed by atoms with van der Waals surface area (Å²) < 4.78 is 45.4. The summed E-state index contributed by atoms with van der Waals surface area (Å²) in [7, 11) is -4.30. The minimum Gasteiger partial charge on any atom is -0.452 e. The van der Waals surface area contributed by atoms with E-state index in [1.54, 1.807) is 5.32 Å². The number of benzene rings is 2. The van der Waals surface area contributed by atoms with Crippen LogP contribution in [0, 0.1) is 5.82 Å². The number of rotatable bonds is 8. The number of imide groups is 1. The van der Waals surface area contributed by atoms with E-state index in [2.05, 4.69) is 6.58 Å². The molecule has 9 nitrogen and oxygen atoms in total. The summed E-state index contributed by atoms with van der Waals surface area (Å²) in [5, 5.41) is 1.53. The van der Waals surface area contributed by atoms with Gasteiger partial charge < -0.3 is 10.5 Å². The van der Waals surface area contributed by atoms with Crippen LogP contribution < -0.4 is 15.4 Å². The van der Waals surface area contributed by atoms with Crippen molar-refractivity contribution in [2.24, 2.45) is 5.73 Å². The predicted molar refractivity (Wildman–Crippen MR) is 111 cm³/mol. The number of ether oxygens (including phenoxy) is 1. The number of sulfonamides is 1. The first kappa shape index (κ1) is 23.8. The molecule has 0 spiro atoms. The lowest BCUT2D eigenvalue weighted by atomic mass is 10.2. The molecule has 31 heavy (non-hydrogen) atoms. The number of carbonyl (C=O) groups excluding carboxylic acids is 3. The molecule has 2 aromatic rings. The highest BCUT2D eigenvalue weighted by Crippen LogP contribution is 2.29. The van der Waals surface area contributed by atoms with Crippen LogP contribution in [0.5, 0.6) is 0 Å². The zero-order valence-electron chi connectivity index (χ0n) is 15.9. The van der Waals surface area contributed by atoms with Crippen LogP contribution in [0.3, 0.4) is 0 Å². The lowest BCUT2D eigenvalue weighted by Gasteiger charge is -2.24. The van der Waals surface area contributed by atoms with Crippen molar-refractivity contribution >= 4 is 45.2 Å². The number of nitrogens with zero attached hydrogens (tertiary/aromatic N) is 1. The Morgan fingerprint density at radius 1 is 1.19 bits per heavy atom. The Morgan fingerprint density at radius 3 is 2.42 bits per heavy atom. The van der Waals surface area contributed by atoms with Gasteiger partial charge in [-0.3, -0.25) is 14.4 Å². The van der Waals surface area contributed by atoms with E-state index in [9.17, 15) is 27.2 Å². The van der Waals surface area contributed by atoms with Crippen LogP contribution in [-0.4, -0.2) is 39.5 Å². The summed E-state index contributed by atoms with van der Waals surface area (Å²) in [6.45, 7) is 2.55. The van der Waals surface area contributed by atoms with Crippen molar-refractivity contribution in [2.75, 3.05) is 17.5 Å². The highest BCUT2D eigenvalue weighted by Gasteiger charge is 2.28. The van der Waals surface area contributed by atoms with E-state index < -0.39 is 45.3 Å². The third-order valence-electron chi connectivity index (χ3n) is 3.74. The molecule has 0 aromatic heterocycles. The van der Waals surface area contributed by atoms with Gasteiger partial charge in [0.2, 0.25) is 0 Å². The van der Waals surface area contributed by atoms with Crippen LogP contribution in [-0.2, 0) is 19.6 Å². The zero-order valence-corrected chi connectivity index (χ0v) is 17.5. The first-order chi connectivity index (χ1) is 14.6. The van der Waals surface area contributed by atoms with Crippen molar-refractivity contribution in [3.63, 3.8) is 0 Å². The SMILES string of the molecule is C=CCN(c1ccc(F)cc1)S(=O)(=O)c1cc(C(=O)OCC(=O)NC(N)=O)ccc1Cl. The van der Waals surface area contributed by atoms with Gasteiger partial charge in [0, 0.05) is 0 Å². The topological polar surface area (TPSA) is 136 Å². The Bertz CT molecular complexity index is 1120. The molecule has 164 valence electrons. The minimum absolute atomic E-state index is 0.147. The molecule has 0 bridgehead atoms. The van der Waals surface area contributed by atoms with E-state index in [0.29, 0.717) is 0 Å². The van der Waals surface area contributed by atoms with Crippen molar-refractivity contribution in [1.82, 2.24) is 5.32 Å². The maximum atomic E-state index is 13.2. The van der Waals surface area contributed by atoms with Gasteiger partial charge in [0.15, 0.2) is 6.61 Å². The fourth-order valence-electron chi connectivity index (χ4n) is 2.40. The Morgan fingerprint density at radius 2 is 1.84 bits per heavy atom. The van der Waals surface area contributed by atoms with Gasteiger partial charge in [-0.1, -0.05) is 17.7 Å². The number of nitrogens with one attached hydrogen (secondary N) is 1. The molecule has 2 aromatic carbocycles. The number of esters is 1. The highest BCUT2D eigenvalue weighted by atomic mass is 35.5. The summed E-state index contributed by atoms with van der Waals surface area (Å²) in [5.74, 6) is -2.55. The molecule has 0 atom stereocenters. The van der Waals surface area contributed by atoms with E-state index in [4.69, 9.17) is 22.1 Å². The molecule has 0 radical (unpaired) electrons. The van der Waals surface area contributed by atoms with Crippen LogP contribution in [0.25, 0.3) is 0 Å². The number of urea groups is 1. The second-order valence-electron chi connectivity index (χ2n) is 5.93. The largest absolute Gasteiger partial charge is 0.452 e. The maximum Gasteiger partial charge on any atom is 0.338 e. The molecular formula is C19H17ClFN3O6S. The standard InChI is InChI=1S/C19H17ClFN3O6S/c1-2-9-24(14-6-4-13(21)5-7-14)31(28,29)16-10-12(3-8-15(16)20)18(26)30-11-17(25)23-19(22)27/h2-8,10H,1,9,11H2,(H3,22,23,25,27). The Kier molecular flexibility index (Phi) is 7.72. The van der Waals surface area contributed by atoms with Crippen LogP contribution in [0.2, 0.25) is 5.02 Å². The van der Waals surface area contributed by atoms with Crippen molar-refractivity contribution < 1.29 is 31.9 Å². The number of amides is 3. The minimum atomic E-state index is -4.30. The highest BCUT2D eigenvalue weighted by molar-refractivity contribution is 7.93. The van der Waals surface area contributed by atoms with Crippen LogP contribution in [0.4, 0.5) is 14.9 Å². The molecule has 0 saturated heterocycles. The molecule has 0 saturated carbocycles. The average Bonchev–Trinajstić information content (AvgIpc) is 2.70. The van der Waals surface area contributed by atoms with Gasteiger partial charge in [-0.25, -0.2) is 22.4 Å². The van der Waals surface area contributed by atoms with Crippen molar-refractivity contribution in [2.45, 2.75) is 4.90 Å². The number of nitrogens with two attached hydrogens (primary N) is 1. The van der Waals surface area contributed by atoms with Gasteiger partial charge in [0.05, 0.1) is 22.8 Å². The van der Waals surface area contributed by atoms with Gasteiger partial charge in [-0.15, -0.1) is 6.58 Å². The smallest absolute Gasteiger partial charge is 0.338 e. The molecule has 0 heterocycles. The second kappa shape index (κ2) is 10.0.